The summed E-state index contributed by atoms with van der Waals surface area (Å²) < 4.78 is 44.6. The number of H-pyrrole nitrogens is 1. The molecular weight excluding hydrogens is 521 g/mol. The Kier molecular flexibility index (Phi) is 8.77. The first-order chi connectivity index (χ1) is 18.2. The minimum Gasteiger partial charge on any atom is -0.465 e. The number of alkyl halides is 3. The Morgan fingerprint density at radius 3 is 2.28 bits per heavy atom. The average molecular weight is 551 g/mol. The summed E-state index contributed by atoms with van der Waals surface area (Å²) >= 11 is 0. The third-order valence-electron chi connectivity index (χ3n) is 5.90. The molecule has 0 saturated carbocycles. The molecule has 0 fully saturated rings. The van der Waals surface area contributed by atoms with Gasteiger partial charge in [0.2, 0.25) is 17.6 Å². The van der Waals surface area contributed by atoms with Crippen molar-refractivity contribution < 1.29 is 37.1 Å². The molecule has 3 rings (SSSR count). The number of anilines is 1. The van der Waals surface area contributed by atoms with Crippen molar-refractivity contribution >= 4 is 23.6 Å². The number of hydrogen-bond donors (Lipinski definition) is 3. The summed E-state index contributed by atoms with van der Waals surface area (Å²) in [4.78, 5) is 39.6. The van der Waals surface area contributed by atoms with E-state index in [9.17, 15) is 32.7 Å². The zero-order valence-electron chi connectivity index (χ0n) is 21.7. The van der Waals surface area contributed by atoms with Crippen molar-refractivity contribution in [2.24, 2.45) is 5.41 Å². The molecule has 2 heterocycles. The van der Waals surface area contributed by atoms with E-state index in [4.69, 9.17) is 4.42 Å². The Hall–Kier alpha value is -4.23. The number of carbonyl (C=O) groups excluding carboxylic acids is 2. The van der Waals surface area contributed by atoms with Gasteiger partial charge in [0.1, 0.15) is 17.9 Å². The van der Waals surface area contributed by atoms with Crippen LogP contribution in [0.4, 0.5) is 23.8 Å². The quantitative estimate of drug-likeness (QED) is 0.287. The van der Waals surface area contributed by atoms with Gasteiger partial charge in [0.25, 0.3) is 5.91 Å². The van der Waals surface area contributed by atoms with Crippen LogP contribution in [0.15, 0.2) is 40.9 Å². The highest BCUT2D eigenvalue weighted by Gasteiger charge is 2.45. The summed E-state index contributed by atoms with van der Waals surface area (Å²) in [7, 11) is 0. The first kappa shape index (κ1) is 29.3. The first-order valence-corrected chi connectivity index (χ1v) is 12.1. The van der Waals surface area contributed by atoms with Crippen molar-refractivity contribution in [1.29, 1.82) is 0 Å². The molecule has 0 aliphatic carbocycles. The average Bonchev–Trinajstić information content (AvgIpc) is 3.54. The third kappa shape index (κ3) is 7.00. The Labute approximate surface area is 221 Å². The standard InChI is InChI=1S/C25H29F3N6O5/c1-5-6-7-16(18(35)20(36)30-17-12-13-29-31-17)34(23(37)38)19(24(2,3)4)22-33-32-21(39-22)14-8-10-15(11-9-14)25(26,27)28/h8-13,16,19H,5-7H2,1-4H3,(H,37,38)(H2,29,30,31,36)/t16-,19-/m0/s1. The van der Waals surface area contributed by atoms with Gasteiger partial charge >= 0.3 is 12.3 Å². The zero-order valence-corrected chi connectivity index (χ0v) is 21.7. The summed E-state index contributed by atoms with van der Waals surface area (Å²) in [6.45, 7) is 6.94. The number of aromatic nitrogens is 4. The van der Waals surface area contributed by atoms with E-state index in [0.717, 1.165) is 29.2 Å². The minimum atomic E-state index is -4.53. The van der Waals surface area contributed by atoms with Crippen molar-refractivity contribution in [3.63, 3.8) is 0 Å². The van der Waals surface area contributed by atoms with Crippen LogP contribution in [0, 0.1) is 5.41 Å². The molecule has 2 amide bonds. The van der Waals surface area contributed by atoms with Crippen molar-refractivity contribution in [3.05, 3.63) is 48.0 Å². The predicted octanol–water partition coefficient (Wildman–Crippen LogP) is 5.31. The number of amides is 2. The lowest BCUT2D eigenvalue weighted by Gasteiger charge is -2.39. The van der Waals surface area contributed by atoms with Crippen molar-refractivity contribution in [3.8, 4) is 11.5 Å². The predicted molar refractivity (Wildman–Crippen MR) is 132 cm³/mol. The molecule has 3 N–H and O–H groups in total. The molecule has 0 bridgehead atoms. The summed E-state index contributed by atoms with van der Waals surface area (Å²) in [6.07, 6.45) is -3.54. The molecular formula is C25H29F3N6O5. The highest BCUT2D eigenvalue weighted by Crippen LogP contribution is 2.40. The van der Waals surface area contributed by atoms with Gasteiger partial charge in [-0.1, -0.05) is 40.5 Å². The number of ketones is 1. The third-order valence-corrected chi connectivity index (χ3v) is 5.90. The fraction of sp³-hybridized carbons (Fsp3) is 0.440. The van der Waals surface area contributed by atoms with Gasteiger partial charge in [-0.3, -0.25) is 19.6 Å². The molecule has 0 aliphatic rings. The summed E-state index contributed by atoms with van der Waals surface area (Å²) in [6, 6.07) is 2.90. The van der Waals surface area contributed by atoms with E-state index >= 15 is 0 Å². The van der Waals surface area contributed by atoms with Crippen molar-refractivity contribution in [2.45, 2.75) is 65.2 Å². The molecule has 3 aromatic rings. The second-order valence-electron chi connectivity index (χ2n) is 9.93. The van der Waals surface area contributed by atoms with E-state index in [0.29, 0.717) is 12.8 Å². The molecule has 0 spiro atoms. The van der Waals surface area contributed by atoms with Crippen LogP contribution < -0.4 is 5.32 Å². The molecule has 210 valence electrons. The number of unbranched alkanes of at least 4 members (excludes halogenated alkanes) is 1. The van der Waals surface area contributed by atoms with E-state index in [1.165, 1.54) is 12.3 Å². The summed E-state index contributed by atoms with van der Waals surface area (Å²) in [5.41, 5.74) is -1.58. The maximum atomic E-state index is 13.3. The van der Waals surface area contributed by atoms with Crippen molar-refractivity contribution in [2.75, 3.05) is 5.32 Å². The zero-order chi connectivity index (χ0) is 29.0. The van der Waals surface area contributed by atoms with E-state index in [1.54, 1.807) is 20.8 Å². The van der Waals surface area contributed by atoms with Crippen LogP contribution in [0.5, 0.6) is 0 Å². The fourth-order valence-electron chi connectivity index (χ4n) is 4.05. The molecule has 39 heavy (non-hydrogen) atoms. The Morgan fingerprint density at radius 1 is 1.10 bits per heavy atom. The van der Waals surface area contributed by atoms with Crippen LogP contribution >= 0.6 is 0 Å². The summed E-state index contributed by atoms with van der Waals surface area (Å²) in [5, 5.41) is 26.8. The number of hydrogen-bond acceptors (Lipinski definition) is 7. The van der Waals surface area contributed by atoms with Gasteiger partial charge in [-0.2, -0.15) is 18.3 Å². The molecule has 2 atom stereocenters. The fourth-order valence-corrected chi connectivity index (χ4v) is 4.05. The van der Waals surface area contributed by atoms with Gasteiger partial charge in [-0.05, 0) is 36.1 Å². The number of nitrogens with one attached hydrogen (secondary N) is 2. The Bertz CT molecular complexity index is 1280. The maximum absolute atomic E-state index is 13.3. The van der Waals surface area contributed by atoms with Crippen molar-refractivity contribution in [1.82, 2.24) is 25.3 Å². The van der Waals surface area contributed by atoms with E-state index in [2.05, 4.69) is 25.7 Å². The normalized spacial score (nSPS) is 13.5. The Morgan fingerprint density at radius 2 is 1.77 bits per heavy atom. The lowest BCUT2D eigenvalue weighted by atomic mass is 9.84. The number of halogens is 3. The number of aromatic amines is 1. The molecule has 1 aromatic carbocycles. The minimum absolute atomic E-state index is 0.0461. The lowest BCUT2D eigenvalue weighted by Crippen LogP contribution is -2.52. The van der Waals surface area contributed by atoms with E-state index < -0.39 is 47.0 Å². The lowest BCUT2D eigenvalue weighted by molar-refractivity contribution is -0.139. The first-order valence-electron chi connectivity index (χ1n) is 12.1. The highest BCUT2D eigenvalue weighted by atomic mass is 19.4. The maximum Gasteiger partial charge on any atom is 0.416 e. The van der Waals surface area contributed by atoms with Crippen LogP contribution in [-0.2, 0) is 15.8 Å². The monoisotopic (exact) mass is 550 g/mol. The van der Waals surface area contributed by atoms with E-state index in [1.807, 2.05) is 6.92 Å². The molecule has 0 unspecified atom stereocenters. The number of benzene rings is 1. The molecule has 2 aromatic heterocycles. The molecule has 0 aliphatic heterocycles. The van der Waals surface area contributed by atoms with Crippen LogP contribution in [0.25, 0.3) is 11.5 Å². The van der Waals surface area contributed by atoms with Gasteiger partial charge in [-0.15, -0.1) is 10.2 Å². The molecule has 0 saturated heterocycles. The smallest absolute Gasteiger partial charge is 0.416 e. The second-order valence-corrected chi connectivity index (χ2v) is 9.93. The number of carboxylic acid groups (broad SMARTS) is 1. The topological polar surface area (TPSA) is 154 Å². The molecule has 11 nitrogen and oxygen atoms in total. The van der Waals surface area contributed by atoms with Crippen LogP contribution in [0.3, 0.4) is 0 Å². The number of Topliss-reactive ketones (excluding diaryl/α,β-unsaturated/α-hetero) is 1. The highest BCUT2D eigenvalue weighted by molar-refractivity contribution is 6.42. The van der Waals surface area contributed by atoms with Gasteiger partial charge in [-0.25, -0.2) is 4.79 Å². The molecule has 0 radical (unpaired) electrons. The molecule has 14 heteroatoms. The van der Waals surface area contributed by atoms with Crippen LogP contribution in [0.1, 0.15) is 64.5 Å². The largest absolute Gasteiger partial charge is 0.465 e. The van der Waals surface area contributed by atoms with Crippen LogP contribution in [0.2, 0.25) is 0 Å². The van der Waals surface area contributed by atoms with Gasteiger partial charge in [0.05, 0.1) is 11.8 Å². The number of rotatable bonds is 10. The second kappa shape index (κ2) is 11.7. The number of nitrogens with zero attached hydrogens (tertiary/aromatic N) is 4. The van der Waals surface area contributed by atoms with Crippen LogP contribution in [-0.4, -0.2) is 54.2 Å². The number of carbonyl (C=O) groups is 3. The van der Waals surface area contributed by atoms with E-state index in [-0.39, 0.29) is 29.6 Å². The van der Waals surface area contributed by atoms with Gasteiger partial charge in [0, 0.05) is 11.6 Å². The SMILES string of the molecule is CCCC[C@@H](C(=O)C(=O)Nc1ccn[nH]1)N(C(=O)O)[C@@H](c1nnc(-c2ccc(C(F)(F)F)cc2)o1)C(C)(C)C. The van der Waals surface area contributed by atoms with Gasteiger partial charge < -0.3 is 14.8 Å². The summed E-state index contributed by atoms with van der Waals surface area (Å²) in [5.74, 6) is -2.17. The van der Waals surface area contributed by atoms with Gasteiger partial charge in [0.15, 0.2) is 0 Å². The Balaban J connectivity index is 2.00.